The Labute approximate surface area is 92.6 Å². The monoisotopic (exact) mass is 253 g/mol. The van der Waals surface area contributed by atoms with E-state index in [2.05, 4.69) is 35.8 Å². The van der Waals surface area contributed by atoms with Crippen LogP contribution in [0.2, 0.25) is 0 Å². The van der Waals surface area contributed by atoms with Crippen molar-refractivity contribution in [3.63, 3.8) is 0 Å². The van der Waals surface area contributed by atoms with Crippen LogP contribution >= 0.6 is 15.9 Å². The van der Waals surface area contributed by atoms with Crippen molar-refractivity contribution < 1.29 is 4.74 Å². The molecule has 1 rings (SSSR count). The van der Waals surface area contributed by atoms with E-state index in [1.54, 1.807) is 12.1 Å². The van der Waals surface area contributed by atoms with E-state index in [-0.39, 0.29) is 0 Å². The summed E-state index contributed by atoms with van der Waals surface area (Å²) < 4.78 is 6.38. The fourth-order valence-electron chi connectivity index (χ4n) is 0.973. The minimum atomic E-state index is 0.486. The normalized spacial score (nSPS) is 9.93. The number of hydrogen-bond acceptors (Lipinski definition) is 2. The molecular weight excluding hydrogens is 242 g/mol. The molecule has 1 aromatic rings. The smallest absolute Gasteiger partial charge is 0.121 e. The van der Waals surface area contributed by atoms with E-state index < -0.39 is 0 Å². The molecule has 0 saturated heterocycles. The van der Waals surface area contributed by atoms with E-state index in [0.717, 1.165) is 10.2 Å². The second-order valence-corrected chi connectivity index (χ2v) is 4.41. The second-order valence-electron chi connectivity index (χ2n) is 3.49. The molecule has 0 N–H and O–H groups in total. The number of nitriles is 1. The van der Waals surface area contributed by atoms with Crippen LogP contribution in [0.25, 0.3) is 0 Å². The number of halogens is 1. The fraction of sp³-hybridized carbons (Fsp3) is 0.364. The van der Waals surface area contributed by atoms with Crippen LogP contribution in [-0.2, 0) is 0 Å². The summed E-state index contributed by atoms with van der Waals surface area (Å²) in [5.74, 6) is 1.23. The first kappa shape index (κ1) is 11.1. The van der Waals surface area contributed by atoms with Gasteiger partial charge in [-0.3, -0.25) is 0 Å². The van der Waals surface area contributed by atoms with Crippen molar-refractivity contribution in [2.45, 2.75) is 13.8 Å². The summed E-state index contributed by atoms with van der Waals surface area (Å²) in [6.07, 6.45) is 0. The van der Waals surface area contributed by atoms with Crippen LogP contribution in [0.1, 0.15) is 19.4 Å². The molecule has 0 aliphatic carbocycles. The lowest BCUT2D eigenvalue weighted by molar-refractivity contribution is 0.271. The Morgan fingerprint density at radius 3 is 2.71 bits per heavy atom. The van der Waals surface area contributed by atoms with Gasteiger partial charge in [-0.25, -0.2) is 0 Å². The zero-order valence-electron chi connectivity index (χ0n) is 8.25. The average molecular weight is 254 g/mol. The van der Waals surface area contributed by atoms with Crippen LogP contribution in [0.4, 0.5) is 0 Å². The number of rotatable bonds is 3. The summed E-state index contributed by atoms with van der Waals surface area (Å²) in [5, 5.41) is 8.74. The van der Waals surface area contributed by atoms with E-state index in [1.165, 1.54) is 0 Å². The van der Waals surface area contributed by atoms with E-state index in [4.69, 9.17) is 10.00 Å². The fourth-order valence-corrected chi connectivity index (χ4v) is 1.45. The Morgan fingerprint density at radius 1 is 1.43 bits per heavy atom. The van der Waals surface area contributed by atoms with Crippen molar-refractivity contribution in [1.82, 2.24) is 0 Å². The SMILES string of the molecule is CC(C)COc1cc(Br)cc(C#N)c1. The Bertz CT molecular complexity index is 355. The largest absolute Gasteiger partial charge is 0.493 e. The Balaban J connectivity index is 2.78. The predicted molar refractivity (Wildman–Crippen MR) is 59.2 cm³/mol. The van der Waals surface area contributed by atoms with Crippen LogP contribution in [0.5, 0.6) is 5.75 Å². The van der Waals surface area contributed by atoms with Gasteiger partial charge in [-0.2, -0.15) is 5.26 Å². The van der Waals surface area contributed by atoms with Crippen molar-refractivity contribution in [3.05, 3.63) is 28.2 Å². The first-order valence-corrected chi connectivity index (χ1v) is 5.24. The predicted octanol–water partition coefficient (Wildman–Crippen LogP) is 3.36. The summed E-state index contributed by atoms with van der Waals surface area (Å²) >= 11 is 3.33. The Morgan fingerprint density at radius 2 is 2.14 bits per heavy atom. The maximum absolute atomic E-state index is 8.74. The van der Waals surface area contributed by atoms with Crippen molar-refractivity contribution in [2.75, 3.05) is 6.61 Å². The lowest BCUT2D eigenvalue weighted by Gasteiger charge is -2.08. The number of benzene rings is 1. The van der Waals surface area contributed by atoms with Gasteiger partial charge in [0.2, 0.25) is 0 Å². The molecule has 0 atom stereocenters. The van der Waals surface area contributed by atoms with E-state index in [0.29, 0.717) is 18.1 Å². The van der Waals surface area contributed by atoms with Gasteiger partial charge in [0.25, 0.3) is 0 Å². The second kappa shape index (κ2) is 5.02. The molecule has 0 aliphatic rings. The summed E-state index contributed by atoms with van der Waals surface area (Å²) in [6, 6.07) is 7.46. The molecule has 0 saturated carbocycles. The first-order chi connectivity index (χ1) is 6.61. The number of ether oxygens (including phenoxy) is 1. The zero-order valence-corrected chi connectivity index (χ0v) is 9.84. The van der Waals surface area contributed by atoms with Crippen molar-refractivity contribution in [1.29, 1.82) is 5.26 Å². The third-order valence-corrected chi connectivity index (χ3v) is 2.04. The highest BCUT2D eigenvalue weighted by molar-refractivity contribution is 9.10. The molecule has 14 heavy (non-hydrogen) atoms. The quantitative estimate of drug-likeness (QED) is 0.828. The van der Waals surface area contributed by atoms with Gasteiger partial charge >= 0.3 is 0 Å². The zero-order chi connectivity index (χ0) is 10.6. The highest BCUT2D eigenvalue weighted by Crippen LogP contribution is 2.21. The van der Waals surface area contributed by atoms with Crippen LogP contribution in [0, 0.1) is 17.2 Å². The molecule has 0 fully saturated rings. The molecule has 1 aromatic carbocycles. The van der Waals surface area contributed by atoms with Crippen molar-refractivity contribution in [3.8, 4) is 11.8 Å². The summed E-state index contributed by atoms with van der Waals surface area (Å²) in [7, 11) is 0. The molecular formula is C11H12BrNO. The third-order valence-electron chi connectivity index (χ3n) is 1.58. The van der Waals surface area contributed by atoms with Crippen molar-refractivity contribution >= 4 is 15.9 Å². The Hall–Kier alpha value is -1.01. The van der Waals surface area contributed by atoms with Gasteiger partial charge in [0.15, 0.2) is 0 Å². The maximum atomic E-state index is 8.74. The highest BCUT2D eigenvalue weighted by Gasteiger charge is 2.01. The summed E-state index contributed by atoms with van der Waals surface area (Å²) in [4.78, 5) is 0. The van der Waals surface area contributed by atoms with Gasteiger partial charge in [-0.1, -0.05) is 29.8 Å². The Kier molecular flexibility index (Phi) is 3.97. The molecule has 0 aliphatic heterocycles. The number of hydrogen-bond donors (Lipinski definition) is 0. The molecule has 0 spiro atoms. The third kappa shape index (κ3) is 3.39. The van der Waals surface area contributed by atoms with Crippen LogP contribution in [-0.4, -0.2) is 6.61 Å². The molecule has 0 unspecified atom stereocenters. The molecule has 0 radical (unpaired) electrons. The highest BCUT2D eigenvalue weighted by atomic mass is 79.9. The van der Waals surface area contributed by atoms with Crippen molar-refractivity contribution in [2.24, 2.45) is 5.92 Å². The first-order valence-electron chi connectivity index (χ1n) is 4.45. The lowest BCUT2D eigenvalue weighted by atomic mass is 10.2. The average Bonchev–Trinajstić information content (AvgIpc) is 2.14. The van der Waals surface area contributed by atoms with E-state index >= 15 is 0 Å². The van der Waals surface area contributed by atoms with E-state index in [9.17, 15) is 0 Å². The standard InChI is InChI=1S/C11H12BrNO/c1-8(2)7-14-11-4-9(6-13)3-10(12)5-11/h3-5,8H,7H2,1-2H3. The van der Waals surface area contributed by atoms with Gasteiger partial charge in [0.05, 0.1) is 18.2 Å². The number of nitrogens with zero attached hydrogens (tertiary/aromatic N) is 1. The van der Waals surface area contributed by atoms with E-state index in [1.807, 2.05) is 6.07 Å². The molecule has 3 heteroatoms. The molecule has 74 valence electrons. The lowest BCUT2D eigenvalue weighted by Crippen LogP contribution is -2.04. The minimum absolute atomic E-state index is 0.486. The van der Waals surface area contributed by atoms with Gasteiger partial charge in [-0.05, 0) is 24.1 Å². The van der Waals surface area contributed by atoms with Crippen LogP contribution < -0.4 is 4.74 Å². The molecule has 2 nitrogen and oxygen atoms in total. The molecule has 0 aromatic heterocycles. The van der Waals surface area contributed by atoms with Crippen LogP contribution in [0.3, 0.4) is 0 Å². The van der Waals surface area contributed by atoms with Gasteiger partial charge in [0, 0.05) is 4.47 Å². The molecule has 0 heterocycles. The summed E-state index contributed by atoms with van der Waals surface area (Å²) in [5.41, 5.74) is 0.609. The molecule has 0 amide bonds. The topological polar surface area (TPSA) is 33.0 Å². The van der Waals surface area contributed by atoms with Gasteiger partial charge in [0.1, 0.15) is 5.75 Å². The van der Waals surface area contributed by atoms with Crippen LogP contribution in [0.15, 0.2) is 22.7 Å². The van der Waals surface area contributed by atoms with Gasteiger partial charge in [-0.15, -0.1) is 0 Å². The van der Waals surface area contributed by atoms with Gasteiger partial charge < -0.3 is 4.74 Å². The molecule has 0 bridgehead atoms. The summed E-state index contributed by atoms with van der Waals surface area (Å²) in [6.45, 7) is 4.84. The maximum Gasteiger partial charge on any atom is 0.121 e. The minimum Gasteiger partial charge on any atom is -0.493 e.